The Morgan fingerprint density at radius 3 is 2.68 bits per heavy atom. The summed E-state index contributed by atoms with van der Waals surface area (Å²) in [5.74, 6) is -0.143. The van der Waals surface area contributed by atoms with E-state index < -0.39 is 6.41 Å². The van der Waals surface area contributed by atoms with Crippen molar-refractivity contribution in [3.8, 4) is 5.75 Å². The largest absolute Gasteiger partial charge is 0.508 e. The maximum absolute atomic E-state index is 12.2. The van der Waals surface area contributed by atoms with E-state index in [0.717, 1.165) is 5.56 Å². The Morgan fingerprint density at radius 1 is 1.25 bits per heavy atom. The van der Waals surface area contributed by atoms with Crippen LogP contribution in [0.2, 0.25) is 5.02 Å². The minimum Gasteiger partial charge on any atom is -0.508 e. The number of halogens is 1. The molecule has 2 aromatic rings. The number of amides is 1. The summed E-state index contributed by atoms with van der Waals surface area (Å²) in [5, 5.41) is 23.0. The molecule has 1 saturated heterocycles. The van der Waals surface area contributed by atoms with Gasteiger partial charge in [-0.15, -0.1) is 0 Å². The van der Waals surface area contributed by atoms with E-state index in [1.807, 2.05) is 12.1 Å². The molecule has 8 heteroatoms. The van der Waals surface area contributed by atoms with E-state index in [4.69, 9.17) is 21.1 Å². The third kappa shape index (κ3) is 5.92. The van der Waals surface area contributed by atoms with Crippen molar-refractivity contribution < 1.29 is 24.5 Å². The summed E-state index contributed by atoms with van der Waals surface area (Å²) in [7, 11) is 0. The van der Waals surface area contributed by atoms with Gasteiger partial charge < -0.3 is 25.0 Å². The molecule has 0 radical (unpaired) electrons. The quantitative estimate of drug-likeness (QED) is 0.609. The Bertz CT molecular complexity index is 769. The smallest absolute Gasteiger partial charge is 0.251 e. The summed E-state index contributed by atoms with van der Waals surface area (Å²) in [4.78, 5) is 13.9. The number of carbonyl (C=O) groups is 1. The van der Waals surface area contributed by atoms with Crippen molar-refractivity contribution in [1.29, 1.82) is 0 Å². The fourth-order valence-electron chi connectivity index (χ4n) is 2.84. The molecule has 3 rings (SSSR count). The number of aromatic hydroxyl groups is 1. The highest BCUT2D eigenvalue weighted by atomic mass is 35.5. The molecule has 1 aliphatic rings. The van der Waals surface area contributed by atoms with E-state index in [9.17, 15) is 15.0 Å². The number of hydrogen-bond acceptors (Lipinski definition) is 6. The van der Waals surface area contributed by atoms with E-state index in [1.165, 1.54) is 12.1 Å². The van der Waals surface area contributed by atoms with E-state index in [1.54, 1.807) is 29.2 Å². The first-order valence-electron chi connectivity index (χ1n) is 8.98. The molecule has 150 valence electrons. The Morgan fingerprint density at radius 2 is 1.96 bits per heavy atom. The molecule has 1 fully saturated rings. The predicted molar refractivity (Wildman–Crippen MR) is 104 cm³/mol. The van der Waals surface area contributed by atoms with E-state index >= 15 is 0 Å². The number of rotatable bonds is 7. The van der Waals surface area contributed by atoms with Crippen LogP contribution < -0.4 is 5.32 Å². The molecular formula is C20H23ClN2O5. The van der Waals surface area contributed by atoms with Gasteiger partial charge in [0.25, 0.3) is 5.91 Å². The standard InChI is InChI=1S/C20H23ClN2O5/c21-16-5-1-14(2-6-16)13-28-20(26)23-9-10-27-18(12-23)11-22-19(25)15-3-7-17(24)8-4-15/h1-8,18,20,24,26H,9-13H2,(H,22,25). The molecule has 0 aliphatic carbocycles. The Balaban J connectivity index is 1.44. The third-order valence-electron chi connectivity index (χ3n) is 4.41. The predicted octanol–water partition coefficient (Wildman–Crippen LogP) is 1.97. The summed E-state index contributed by atoms with van der Waals surface area (Å²) in [5.41, 5.74) is 1.37. The van der Waals surface area contributed by atoms with Crippen LogP contribution in [0.4, 0.5) is 0 Å². The van der Waals surface area contributed by atoms with E-state index in [-0.39, 0.29) is 24.4 Å². The summed E-state index contributed by atoms with van der Waals surface area (Å²) < 4.78 is 11.2. The number of carbonyl (C=O) groups excluding carboxylic acids is 1. The van der Waals surface area contributed by atoms with Gasteiger partial charge in [0.05, 0.1) is 19.3 Å². The lowest BCUT2D eigenvalue weighted by atomic mass is 10.2. The van der Waals surface area contributed by atoms with Crippen molar-refractivity contribution in [2.24, 2.45) is 0 Å². The zero-order chi connectivity index (χ0) is 19.9. The number of morpholine rings is 1. The highest BCUT2D eigenvalue weighted by Crippen LogP contribution is 2.14. The van der Waals surface area contributed by atoms with Crippen molar-refractivity contribution in [3.63, 3.8) is 0 Å². The van der Waals surface area contributed by atoms with Gasteiger partial charge >= 0.3 is 0 Å². The molecule has 1 amide bonds. The number of nitrogens with zero attached hydrogens (tertiary/aromatic N) is 1. The van der Waals surface area contributed by atoms with Crippen LogP contribution in [0.5, 0.6) is 5.75 Å². The molecule has 7 nitrogen and oxygen atoms in total. The molecule has 2 atom stereocenters. The topological polar surface area (TPSA) is 91.3 Å². The number of nitrogens with one attached hydrogen (secondary N) is 1. The fourth-order valence-corrected chi connectivity index (χ4v) is 2.97. The molecule has 0 saturated carbocycles. The maximum Gasteiger partial charge on any atom is 0.251 e. The maximum atomic E-state index is 12.2. The summed E-state index contributed by atoms with van der Waals surface area (Å²) >= 11 is 5.86. The number of phenolic OH excluding ortho intramolecular Hbond substituents is 1. The number of aliphatic hydroxyl groups excluding tert-OH is 1. The first-order valence-corrected chi connectivity index (χ1v) is 9.36. The average molecular weight is 407 g/mol. The van der Waals surface area contributed by atoms with Crippen LogP contribution in [-0.4, -0.2) is 59.8 Å². The molecule has 2 aromatic carbocycles. The molecule has 1 heterocycles. The molecule has 1 aliphatic heterocycles. The van der Waals surface area contributed by atoms with Gasteiger partial charge in [-0.1, -0.05) is 23.7 Å². The number of phenols is 1. The van der Waals surface area contributed by atoms with Gasteiger partial charge in [0.2, 0.25) is 6.41 Å². The van der Waals surface area contributed by atoms with Gasteiger partial charge in [0, 0.05) is 30.2 Å². The van der Waals surface area contributed by atoms with Crippen LogP contribution in [0.1, 0.15) is 15.9 Å². The summed E-state index contributed by atoms with van der Waals surface area (Å²) in [6.45, 7) is 1.96. The lowest BCUT2D eigenvalue weighted by Gasteiger charge is -2.35. The molecule has 0 bridgehead atoms. The minimum absolute atomic E-state index is 0.107. The second kappa shape index (κ2) is 9.86. The lowest BCUT2D eigenvalue weighted by molar-refractivity contribution is -0.222. The van der Waals surface area contributed by atoms with E-state index in [2.05, 4.69) is 5.32 Å². The first-order chi connectivity index (χ1) is 13.5. The molecule has 0 spiro atoms. The van der Waals surface area contributed by atoms with Crippen molar-refractivity contribution in [3.05, 3.63) is 64.7 Å². The summed E-state index contributed by atoms with van der Waals surface area (Å²) in [6.07, 6.45) is -1.32. The summed E-state index contributed by atoms with van der Waals surface area (Å²) in [6, 6.07) is 13.2. The molecule has 3 N–H and O–H groups in total. The molecular weight excluding hydrogens is 384 g/mol. The van der Waals surface area contributed by atoms with Crippen LogP contribution in [0, 0.1) is 0 Å². The number of aliphatic hydroxyl groups is 1. The van der Waals surface area contributed by atoms with Gasteiger partial charge in [-0.05, 0) is 42.0 Å². The van der Waals surface area contributed by atoms with Gasteiger partial charge in [0.1, 0.15) is 5.75 Å². The van der Waals surface area contributed by atoms with Gasteiger partial charge in [0.15, 0.2) is 0 Å². The lowest BCUT2D eigenvalue weighted by Crippen LogP contribution is -2.51. The molecule has 2 unspecified atom stereocenters. The van der Waals surface area contributed by atoms with Crippen molar-refractivity contribution in [2.75, 3.05) is 26.2 Å². The monoisotopic (exact) mass is 406 g/mol. The SMILES string of the molecule is O=C(NCC1CN(C(O)OCc2ccc(Cl)cc2)CCO1)c1ccc(O)cc1. The number of hydrogen-bond donors (Lipinski definition) is 3. The normalized spacial score (nSPS) is 18.6. The first kappa shape index (κ1) is 20.6. The fraction of sp³-hybridized carbons (Fsp3) is 0.350. The second-order valence-corrected chi connectivity index (χ2v) is 6.94. The Kier molecular flexibility index (Phi) is 7.24. The van der Waals surface area contributed by atoms with Gasteiger partial charge in [-0.3, -0.25) is 9.69 Å². The van der Waals surface area contributed by atoms with Crippen LogP contribution >= 0.6 is 11.6 Å². The van der Waals surface area contributed by atoms with Crippen molar-refractivity contribution in [2.45, 2.75) is 19.1 Å². The number of benzene rings is 2. The van der Waals surface area contributed by atoms with Crippen LogP contribution in [0.25, 0.3) is 0 Å². The molecule has 0 aromatic heterocycles. The average Bonchev–Trinajstić information content (AvgIpc) is 2.72. The minimum atomic E-state index is -1.06. The Hall–Kier alpha value is -2.16. The number of ether oxygens (including phenoxy) is 2. The second-order valence-electron chi connectivity index (χ2n) is 6.51. The Labute approximate surface area is 168 Å². The van der Waals surface area contributed by atoms with Crippen LogP contribution in [0.3, 0.4) is 0 Å². The van der Waals surface area contributed by atoms with Gasteiger partial charge in [-0.25, -0.2) is 0 Å². The molecule has 28 heavy (non-hydrogen) atoms. The zero-order valence-electron chi connectivity index (χ0n) is 15.3. The van der Waals surface area contributed by atoms with E-state index in [0.29, 0.717) is 36.8 Å². The van der Waals surface area contributed by atoms with Crippen molar-refractivity contribution >= 4 is 17.5 Å². The third-order valence-corrected chi connectivity index (χ3v) is 4.67. The van der Waals surface area contributed by atoms with Crippen LogP contribution in [0.15, 0.2) is 48.5 Å². The van der Waals surface area contributed by atoms with Gasteiger partial charge in [-0.2, -0.15) is 0 Å². The highest BCUT2D eigenvalue weighted by Gasteiger charge is 2.26. The highest BCUT2D eigenvalue weighted by molar-refractivity contribution is 6.30. The zero-order valence-corrected chi connectivity index (χ0v) is 16.0. The van der Waals surface area contributed by atoms with Crippen LogP contribution in [-0.2, 0) is 16.1 Å². The van der Waals surface area contributed by atoms with Crippen molar-refractivity contribution in [1.82, 2.24) is 10.2 Å².